The Morgan fingerprint density at radius 1 is 1.26 bits per heavy atom. The van der Waals surface area contributed by atoms with Crippen LogP contribution in [0.2, 0.25) is 4.47 Å². The zero-order chi connectivity index (χ0) is 13.2. The van der Waals surface area contributed by atoms with Crippen molar-refractivity contribution in [2.45, 2.75) is 26.3 Å². The first-order valence-electron chi connectivity index (χ1n) is 6.20. The fourth-order valence-corrected chi connectivity index (χ4v) is 3.00. The molecule has 3 aromatic rings. The van der Waals surface area contributed by atoms with Crippen molar-refractivity contribution in [1.29, 1.82) is 0 Å². The van der Waals surface area contributed by atoms with Crippen LogP contribution in [0.4, 0.5) is 0 Å². The summed E-state index contributed by atoms with van der Waals surface area (Å²) in [6, 6.07) is 8.17. The Bertz CT molecular complexity index is 704. The number of nitrogens with zero attached hydrogens (tertiary/aromatic N) is 4. The van der Waals surface area contributed by atoms with E-state index in [0.717, 1.165) is 34.7 Å². The van der Waals surface area contributed by atoms with E-state index in [1.165, 1.54) is 11.3 Å². The lowest BCUT2D eigenvalue weighted by Gasteiger charge is -2.05. The quantitative estimate of drug-likeness (QED) is 0.739. The zero-order valence-electron chi connectivity index (χ0n) is 10.5. The van der Waals surface area contributed by atoms with Gasteiger partial charge in [0.1, 0.15) is 10.8 Å². The van der Waals surface area contributed by atoms with E-state index in [9.17, 15) is 0 Å². The van der Waals surface area contributed by atoms with E-state index in [4.69, 9.17) is 16.6 Å². The summed E-state index contributed by atoms with van der Waals surface area (Å²) in [6.45, 7) is 2.84. The molecule has 2 heterocycles. The van der Waals surface area contributed by atoms with Crippen molar-refractivity contribution < 1.29 is 0 Å². The second kappa shape index (κ2) is 5.27. The number of fused-ring (bicyclic) bond motifs is 1. The van der Waals surface area contributed by atoms with Crippen molar-refractivity contribution in [3.63, 3.8) is 0 Å². The summed E-state index contributed by atoms with van der Waals surface area (Å²) in [5, 5.41) is 8.85. The normalized spacial score (nSPS) is 11.3. The third-order valence-corrected chi connectivity index (χ3v) is 3.95. The Hall–Kier alpha value is -1.46. The van der Waals surface area contributed by atoms with Gasteiger partial charge in [0.2, 0.25) is 4.47 Å². The summed E-state index contributed by atoms with van der Waals surface area (Å²) in [5.41, 5.74) is 2.17. The molecule has 0 aliphatic rings. The van der Waals surface area contributed by atoms with Crippen molar-refractivity contribution in [2.75, 3.05) is 0 Å². The first kappa shape index (κ1) is 12.6. The largest absolute Gasteiger partial charge is 0.321 e. The van der Waals surface area contributed by atoms with Gasteiger partial charge in [0.05, 0.1) is 17.6 Å². The van der Waals surface area contributed by atoms with Gasteiger partial charge in [0, 0.05) is 6.42 Å². The Labute approximate surface area is 120 Å². The van der Waals surface area contributed by atoms with Crippen molar-refractivity contribution in [3.8, 4) is 0 Å². The molecule has 0 N–H and O–H groups in total. The van der Waals surface area contributed by atoms with Crippen molar-refractivity contribution in [2.24, 2.45) is 0 Å². The van der Waals surface area contributed by atoms with E-state index in [1.54, 1.807) is 0 Å². The number of halogens is 1. The van der Waals surface area contributed by atoms with Crippen LogP contribution >= 0.6 is 22.9 Å². The average molecular weight is 293 g/mol. The van der Waals surface area contributed by atoms with E-state index >= 15 is 0 Å². The average Bonchev–Trinajstić information content (AvgIpc) is 2.96. The summed E-state index contributed by atoms with van der Waals surface area (Å²) < 4.78 is 2.69. The maximum Gasteiger partial charge on any atom is 0.207 e. The molecule has 0 saturated carbocycles. The fourth-order valence-electron chi connectivity index (χ4n) is 2.15. The van der Waals surface area contributed by atoms with Gasteiger partial charge >= 0.3 is 0 Å². The predicted molar refractivity (Wildman–Crippen MR) is 77.7 cm³/mol. The number of hydrogen-bond donors (Lipinski definition) is 0. The summed E-state index contributed by atoms with van der Waals surface area (Å²) >= 11 is 7.26. The van der Waals surface area contributed by atoms with Gasteiger partial charge < -0.3 is 4.57 Å². The van der Waals surface area contributed by atoms with Crippen LogP contribution in [0.5, 0.6) is 0 Å². The lowest BCUT2D eigenvalue weighted by atomic mass is 10.3. The van der Waals surface area contributed by atoms with Gasteiger partial charge in [-0.15, -0.1) is 10.2 Å². The van der Waals surface area contributed by atoms with E-state index < -0.39 is 0 Å². The molecule has 0 aliphatic carbocycles. The first-order valence-corrected chi connectivity index (χ1v) is 7.39. The van der Waals surface area contributed by atoms with Gasteiger partial charge in [-0.2, -0.15) is 0 Å². The van der Waals surface area contributed by atoms with Crippen molar-refractivity contribution >= 4 is 34.0 Å². The highest BCUT2D eigenvalue weighted by Gasteiger charge is 2.12. The summed E-state index contributed by atoms with van der Waals surface area (Å²) in [7, 11) is 0. The maximum absolute atomic E-state index is 5.84. The molecular formula is C13H13ClN4S. The second-order valence-corrected chi connectivity index (χ2v) is 5.95. The van der Waals surface area contributed by atoms with Gasteiger partial charge in [-0.3, -0.25) is 0 Å². The van der Waals surface area contributed by atoms with Gasteiger partial charge in [-0.1, -0.05) is 30.4 Å². The summed E-state index contributed by atoms with van der Waals surface area (Å²) in [6.07, 6.45) is 2.03. The zero-order valence-corrected chi connectivity index (χ0v) is 12.1. The molecule has 2 aromatic heterocycles. The molecule has 0 radical (unpaired) electrons. The second-order valence-electron chi connectivity index (χ2n) is 4.30. The molecule has 3 rings (SSSR count). The topological polar surface area (TPSA) is 43.6 Å². The van der Waals surface area contributed by atoms with E-state index in [0.29, 0.717) is 11.0 Å². The van der Waals surface area contributed by atoms with Crippen LogP contribution in [0.1, 0.15) is 24.2 Å². The number of aromatic nitrogens is 4. The fraction of sp³-hybridized carbons (Fsp3) is 0.308. The third kappa shape index (κ3) is 2.48. The van der Waals surface area contributed by atoms with E-state index in [-0.39, 0.29) is 0 Å². The van der Waals surface area contributed by atoms with Crippen LogP contribution in [-0.4, -0.2) is 19.7 Å². The number of aryl methyl sites for hydroxylation is 1. The molecule has 19 heavy (non-hydrogen) atoms. The standard InChI is InChI=1S/C13H13ClN4S/c1-2-5-11-15-9-6-3-4-7-10(9)18(11)8-12-16-17-13(14)19-12/h3-4,6-7H,2,5,8H2,1H3. The summed E-state index contributed by atoms with van der Waals surface area (Å²) in [5.74, 6) is 1.09. The highest BCUT2D eigenvalue weighted by molar-refractivity contribution is 7.15. The number of benzene rings is 1. The van der Waals surface area contributed by atoms with Crippen LogP contribution in [-0.2, 0) is 13.0 Å². The highest BCUT2D eigenvalue weighted by Crippen LogP contribution is 2.21. The minimum Gasteiger partial charge on any atom is -0.321 e. The third-order valence-electron chi connectivity index (χ3n) is 2.94. The lowest BCUT2D eigenvalue weighted by molar-refractivity contribution is 0.713. The Morgan fingerprint density at radius 3 is 2.84 bits per heavy atom. The minimum absolute atomic E-state index is 0.483. The highest BCUT2D eigenvalue weighted by atomic mass is 35.5. The van der Waals surface area contributed by atoms with Crippen molar-refractivity contribution in [3.05, 3.63) is 39.6 Å². The molecular weight excluding hydrogens is 280 g/mol. The van der Waals surface area contributed by atoms with E-state index in [2.05, 4.69) is 27.8 Å². The van der Waals surface area contributed by atoms with Crippen LogP contribution in [0.3, 0.4) is 0 Å². The SMILES string of the molecule is CCCc1nc2ccccc2n1Cc1nnc(Cl)s1. The summed E-state index contributed by atoms with van der Waals surface area (Å²) in [4.78, 5) is 4.69. The molecule has 0 bridgehead atoms. The Balaban J connectivity index is 2.06. The molecule has 6 heteroatoms. The Kier molecular flexibility index (Phi) is 3.48. The number of para-hydroxylation sites is 2. The first-order chi connectivity index (χ1) is 9.28. The molecule has 0 spiro atoms. The monoisotopic (exact) mass is 292 g/mol. The van der Waals surface area contributed by atoms with Crippen molar-refractivity contribution in [1.82, 2.24) is 19.7 Å². The van der Waals surface area contributed by atoms with Crippen LogP contribution in [0.25, 0.3) is 11.0 Å². The molecule has 0 saturated heterocycles. The van der Waals surface area contributed by atoms with Crippen LogP contribution in [0, 0.1) is 0 Å². The van der Waals surface area contributed by atoms with Crippen LogP contribution < -0.4 is 0 Å². The van der Waals surface area contributed by atoms with E-state index in [1.807, 2.05) is 18.2 Å². The number of imidazole rings is 1. The smallest absolute Gasteiger partial charge is 0.207 e. The van der Waals surface area contributed by atoms with Gasteiger partial charge in [-0.25, -0.2) is 4.98 Å². The van der Waals surface area contributed by atoms with Gasteiger partial charge in [0.25, 0.3) is 0 Å². The number of hydrogen-bond acceptors (Lipinski definition) is 4. The molecule has 0 amide bonds. The maximum atomic E-state index is 5.84. The number of rotatable bonds is 4. The molecule has 1 aromatic carbocycles. The molecule has 0 fully saturated rings. The molecule has 4 nitrogen and oxygen atoms in total. The molecule has 0 aliphatic heterocycles. The Morgan fingerprint density at radius 2 is 2.11 bits per heavy atom. The molecule has 98 valence electrons. The molecule has 0 unspecified atom stereocenters. The molecule has 0 atom stereocenters. The lowest BCUT2D eigenvalue weighted by Crippen LogP contribution is -2.05. The predicted octanol–water partition coefficient (Wildman–Crippen LogP) is 3.54. The van der Waals surface area contributed by atoms with Gasteiger partial charge in [0.15, 0.2) is 0 Å². The van der Waals surface area contributed by atoms with Crippen LogP contribution in [0.15, 0.2) is 24.3 Å². The minimum atomic E-state index is 0.483. The van der Waals surface area contributed by atoms with Gasteiger partial charge in [-0.05, 0) is 30.2 Å².